The van der Waals surface area contributed by atoms with Crippen molar-refractivity contribution in [3.8, 4) is 11.8 Å². The molecule has 0 atom stereocenters. The number of benzene rings is 2. The molecule has 0 saturated carbocycles. The Morgan fingerprint density at radius 2 is 1.87 bits per heavy atom. The highest BCUT2D eigenvalue weighted by atomic mass is 16.5. The van der Waals surface area contributed by atoms with Crippen molar-refractivity contribution < 1.29 is 14.3 Å². The maximum Gasteiger partial charge on any atom is 0.254 e. The van der Waals surface area contributed by atoms with E-state index in [4.69, 9.17) is 10.00 Å². The van der Waals surface area contributed by atoms with Gasteiger partial charge in [-0.2, -0.15) is 5.26 Å². The number of rotatable bonds is 4. The quantitative estimate of drug-likeness (QED) is 0.786. The molecule has 0 spiro atoms. The molecule has 2 aromatic rings. The first-order chi connectivity index (χ1) is 14.6. The van der Waals surface area contributed by atoms with Crippen LogP contribution in [0.4, 0.5) is 0 Å². The van der Waals surface area contributed by atoms with E-state index in [1.54, 1.807) is 29.2 Å². The second-order valence-electron chi connectivity index (χ2n) is 7.80. The molecule has 30 heavy (non-hydrogen) atoms. The molecule has 0 bridgehead atoms. The molecule has 2 aromatic carbocycles. The van der Waals surface area contributed by atoms with Crippen LogP contribution in [0, 0.1) is 11.3 Å². The average Bonchev–Trinajstić information content (AvgIpc) is 3.24. The summed E-state index contributed by atoms with van der Waals surface area (Å²) in [5.74, 6) is 0.886. The summed E-state index contributed by atoms with van der Waals surface area (Å²) in [6, 6.07) is 14.8. The summed E-state index contributed by atoms with van der Waals surface area (Å²) < 4.78 is 5.85. The molecular weight excluding hydrogens is 378 g/mol. The van der Waals surface area contributed by atoms with E-state index in [0.29, 0.717) is 43.7 Å². The highest BCUT2D eigenvalue weighted by Crippen LogP contribution is 2.26. The minimum Gasteiger partial charge on any atom is -0.491 e. The lowest BCUT2D eigenvalue weighted by molar-refractivity contribution is -0.130. The van der Waals surface area contributed by atoms with Gasteiger partial charge in [-0.05, 0) is 49.1 Å². The van der Waals surface area contributed by atoms with Gasteiger partial charge < -0.3 is 14.5 Å². The van der Waals surface area contributed by atoms with Gasteiger partial charge in [-0.1, -0.05) is 18.2 Å². The molecule has 0 N–H and O–H groups in total. The Balaban J connectivity index is 1.46. The van der Waals surface area contributed by atoms with E-state index in [-0.39, 0.29) is 11.8 Å². The average molecular weight is 403 g/mol. The maximum atomic E-state index is 13.0. The molecule has 2 amide bonds. The van der Waals surface area contributed by atoms with Gasteiger partial charge in [-0.15, -0.1) is 0 Å². The van der Waals surface area contributed by atoms with Gasteiger partial charge in [-0.3, -0.25) is 9.59 Å². The first-order valence-corrected chi connectivity index (χ1v) is 10.5. The van der Waals surface area contributed by atoms with Crippen molar-refractivity contribution >= 4 is 11.8 Å². The number of aryl methyl sites for hydroxylation is 1. The second-order valence-corrected chi connectivity index (χ2v) is 7.80. The van der Waals surface area contributed by atoms with Gasteiger partial charge in [0.1, 0.15) is 12.4 Å². The number of nitrogens with zero attached hydrogens (tertiary/aromatic N) is 3. The summed E-state index contributed by atoms with van der Waals surface area (Å²) in [5.41, 5.74) is 3.00. The number of ether oxygens (including phenoxy) is 1. The summed E-state index contributed by atoms with van der Waals surface area (Å²) >= 11 is 0. The fraction of sp³-hybridized carbons (Fsp3) is 0.375. The van der Waals surface area contributed by atoms with Gasteiger partial charge >= 0.3 is 0 Å². The minimum atomic E-state index is -0.113. The Bertz CT molecular complexity index is 989. The molecule has 154 valence electrons. The Morgan fingerprint density at radius 3 is 2.67 bits per heavy atom. The molecule has 2 aliphatic heterocycles. The molecule has 0 aliphatic carbocycles. The molecule has 6 nitrogen and oxygen atoms in total. The van der Waals surface area contributed by atoms with Crippen LogP contribution in [-0.2, 0) is 17.8 Å². The third kappa shape index (κ3) is 4.46. The van der Waals surface area contributed by atoms with E-state index in [9.17, 15) is 9.59 Å². The van der Waals surface area contributed by atoms with Gasteiger partial charge in [0.05, 0.1) is 18.2 Å². The zero-order chi connectivity index (χ0) is 20.9. The predicted octanol–water partition coefficient (Wildman–Crippen LogP) is 3.15. The Hall–Kier alpha value is -3.33. The number of fused-ring (bicyclic) bond motifs is 1. The van der Waals surface area contributed by atoms with Crippen LogP contribution in [-0.4, -0.2) is 47.9 Å². The second kappa shape index (κ2) is 9.00. The van der Waals surface area contributed by atoms with Crippen molar-refractivity contribution in [3.05, 3.63) is 64.7 Å². The molecule has 0 aromatic heterocycles. The van der Waals surface area contributed by atoms with Gasteiger partial charge in [-0.25, -0.2) is 0 Å². The van der Waals surface area contributed by atoms with Crippen LogP contribution < -0.4 is 4.74 Å². The highest BCUT2D eigenvalue weighted by molar-refractivity contribution is 5.94. The van der Waals surface area contributed by atoms with Crippen molar-refractivity contribution in [2.75, 3.05) is 26.2 Å². The minimum absolute atomic E-state index is 0.113. The smallest absolute Gasteiger partial charge is 0.254 e. The van der Waals surface area contributed by atoms with Crippen LogP contribution in [0.25, 0.3) is 0 Å². The third-order valence-corrected chi connectivity index (χ3v) is 5.72. The van der Waals surface area contributed by atoms with Gasteiger partial charge in [0.15, 0.2) is 0 Å². The topological polar surface area (TPSA) is 73.6 Å². The number of carbonyl (C=O) groups excluding carboxylic acids is 2. The molecule has 0 radical (unpaired) electrons. The molecule has 2 aliphatic rings. The van der Waals surface area contributed by atoms with Crippen molar-refractivity contribution in [3.63, 3.8) is 0 Å². The fourth-order valence-electron chi connectivity index (χ4n) is 4.06. The van der Waals surface area contributed by atoms with E-state index in [0.717, 1.165) is 42.8 Å². The van der Waals surface area contributed by atoms with E-state index in [2.05, 4.69) is 6.07 Å². The maximum absolute atomic E-state index is 13.0. The number of carbonyl (C=O) groups is 2. The van der Waals surface area contributed by atoms with Gasteiger partial charge in [0.2, 0.25) is 5.91 Å². The predicted molar refractivity (Wildman–Crippen MR) is 112 cm³/mol. The lowest BCUT2D eigenvalue weighted by Gasteiger charge is -2.20. The summed E-state index contributed by atoms with van der Waals surface area (Å²) in [7, 11) is 0. The summed E-state index contributed by atoms with van der Waals surface area (Å²) in [6.45, 7) is 3.09. The molecule has 4 rings (SSSR count). The van der Waals surface area contributed by atoms with Gasteiger partial charge in [0, 0.05) is 37.2 Å². The van der Waals surface area contributed by atoms with Crippen LogP contribution >= 0.6 is 0 Å². The van der Waals surface area contributed by atoms with Crippen molar-refractivity contribution in [1.29, 1.82) is 5.26 Å². The zero-order valence-corrected chi connectivity index (χ0v) is 17.0. The lowest BCUT2D eigenvalue weighted by Crippen LogP contribution is -2.32. The Kier molecular flexibility index (Phi) is 5.99. The van der Waals surface area contributed by atoms with Crippen LogP contribution in [0.15, 0.2) is 42.5 Å². The summed E-state index contributed by atoms with van der Waals surface area (Å²) in [6.07, 6.45) is 3.39. The van der Waals surface area contributed by atoms with E-state index in [1.807, 2.05) is 23.1 Å². The van der Waals surface area contributed by atoms with Gasteiger partial charge in [0.25, 0.3) is 5.91 Å². The van der Waals surface area contributed by atoms with Crippen LogP contribution in [0.1, 0.15) is 46.3 Å². The van der Waals surface area contributed by atoms with Crippen LogP contribution in [0.2, 0.25) is 0 Å². The van der Waals surface area contributed by atoms with Crippen molar-refractivity contribution in [1.82, 2.24) is 9.80 Å². The Labute approximate surface area is 176 Å². The van der Waals surface area contributed by atoms with Crippen LogP contribution in [0.5, 0.6) is 5.75 Å². The molecule has 6 heteroatoms. The number of likely N-dealkylation sites (tertiary alicyclic amines) is 1. The monoisotopic (exact) mass is 403 g/mol. The lowest BCUT2D eigenvalue weighted by atomic mass is 10.0. The van der Waals surface area contributed by atoms with Crippen LogP contribution in [0.3, 0.4) is 0 Å². The fourth-order valence-corrected chi connectivity index (χ4v) is 4.06. The first kappa shape index (κ1) is 20.0. The third-order valence-electron chi connectivity index (χ3n) is 5.72. The highest BCUT2D eigenvalue weighted by Gasteiger charge is 2.22. The normalized spacial score (nSPS) is 15.7. The molecule has 2 heterocycles. The Morgan fingerprint density at radius 1 is 1.03 bits per heavy atom. The number of nitriles is 1. The zero-order valence-electron chi connectivity index (χ0n) is 17.0. The van der Waals surface area contributed by atoms with Crippen molar-refractivity contribution in [2.45, 2.75) is 32.2 Å². The molecular formula is C24H25N3O3. The standard InChI is InChI=1S/C24H25N3O3/c25-16-19-4-3-5-20(15-19)24(29)27-12-13-30-22-8-6-18(14-21(22)17-27)7-9-23(28)26-10-1-2-11-26/h3-6,8,14-15H,1-2,7,9-13,17H2. The van der Waals surface area contributed by atoms with E-state index >= 15 is 0 Å². The first-order valence-electron chi connectivity index (χ1n) is 10.5. The number of amides is 2. The molecule has 0 unspecified atom stereocenters. The SMILES string of the molecule is N#Cc1cccc(C(=O)N2CCOc3ccc(CCC(=O)N4CCCC4)cc3C2)c1. The number of hydrogen-bond acceptors (Lipinski definition) is 4. The van der Waals surface area contributed by atoms with Crippen molar-refractivity contribution in [2.24, 2.45) is 0 Å². The largest absolute Gasteiger partial charge is 0.491 e. The summed E-state index contributed by atoms with van der Waals surface area (Å²) in [5, 5.41) is 9.10. The molecule has 1 fully saturated rings. The molecule has 1 saturated heterocycles. The number of hydrogen-bond donors (Lipinski definition) is 0. The van der Waals surface area contributed by atoms with E-state index in [1.165, 1.54) is 0 Å². The summed E-state index contributed by atoms with van der Waals surface area (Å²) in [4.78, 5) is 29.0. The van der Waals surface area contributed by atoms with E-state index < -0.39 is 0 Å².